The first-order chi connectivity index (χ1) is 15.9. The van der Waals surface area contributed by atoms with Crippen molar-refractivity contribution in [3.05, 3.63) is 58.8 Å². The normalized spacial score (nSPS) is 20.1. The number of nitrogens with zero attached hydrogens (tertiary/aromatic N) is 5. The van der Waals surface area contributed by atoms with Crippen LogP contribution in [-0.2, 0) is 16.8 Å². The average molecular weight is 470 g/mol. The van der Waals surface area contributed by atoms with Crippen molar-refractivity contribution in [1.82, 2.24) is 19.7 Å². The van der Waals surface area contributed by atoms with E-state index in [4.69, 9.17) is 27.5 Å². The zero-order valence-corrected chi connectivity index (χ0v) is 19.5. The molecule has 3 aromatic rings. The van der Waals surface area contributed by atoms with Crippen LogP contribution in [0.5, 0.6) is 5.88 Å². The summed E-state index contributed by atoms with van der Waals surface area (Å²) < 4.78 is 26.4. The lowest BCUT2D eigenvalue weighted by atomic mass is 9.74. The Hall–Kier alpha value is -3.15. The number of hydrogen-bond acceptors (Lipinski definition) is 6. The van der Waals surface area contributed by atoms with Gasteiger partial charge in [0.2, 0.25) is 11.8 Å². The summed E-state index contributed by atoms with van der Waals surface area (Å²) in [6.45, 7) is 5.89. The minimum atomic E-state index is -0.505. The highest BCUT2D eigenvalue weighted by Crippen LogP contribution is 2.43. The van der Waals surface area contributed by atoms with E-state index in [-0.39, 0.29) is 11.7 Å². The summed E-state index contributed by atoms with van der Waals surface area (Å²) in [5.74, 6) is 4.12. The average Bonchev–Trinajstić information content (AvgIpc) is 3.38. The van der Waals surface area contributed by atoms with E-state index in [2.05, 4.69) is 26.0 Å². The smallest absolute Gasteiger partial charge is 0.232 e. The lowest BCUT2D eigenvalue weighted by molar-refractivity contribution is 0.127. The van der Waals surface area contributed by atoms with E-state index in [1.54, 1.807) is 25.4 Å². The standard InChI is InChI=1S/C24H25ClFN5O2/c1-5-16-13-30(15-24(16,3)19-9-7-17(26)11-20(19)25)23-29-28-21(14-33-6-2)31(23)18-8-10-22(32-4)27-12-18/h1,7-12,16H,6,13-15H2,2-4H3/t16-,24-/m0/s1. The predicted octanol–water partition coefficient (Wildman–Crippen LogP) is 4.03. The molecule has 1 saturated heterocycles. The first-order valence-electron chi connectivity index (χ1n) is 10.6. The van der Waals surface area contributed by atoms with E-state index in [0.717, 1.165) is 11.3 Å². The summed E-state index contributed by atoms with van der Waals surface area (Å²) in [4.78, 5) is 6.41. The molecule has 1 aromatic carbocycles. The summed E-state index contributed by atoms with van der Waals surface area (Å²) >= 11 is 6.44. The van der Waals surface area contributed by atoms with E-state index in [0.29, 0.717) is 49.0 Å². The molecule has 0 N–H and O–H groups in total. The fourth-order valence-corrected chi connectivity index (χ4v) is 4.68. The number of aromatic nitrogens is 4. The van der Waals surface area contributed by atoms with Gasteiger partial charge in [0.1, 0.15) is 12.4 Å². The number of hydrogen-bond donors (Lipinski definition) is 0. The van der Waals surface area contributed by atoms with Gasteiger partial charge in [-0.05, 0) is 30.7 Å². The quantitative estimate of drug-likeness (QED) is 0.487. The third-order valence-electron chi connectivity index (χ3n) is 6.06. The Bertz CT molecular complexity index is 1180. The fourth-order valence-electron chi connectivity index (χ4n) is 4.30. The molecule has 0 radical (unpaired) electrons. The van der Waals surface area contributed by atoms with Crippen LogP contribution >= 0.6 is 11.6 Å². The number of anilines is 1. The molecule has 0 aliphatic carbocycles. The minimum absolute atomic E-state index is 0.171. The number of ether oxygens (including phenoxy) is 2. The summed E-state index contributed by atoms with van der Waals surface area (Å²) in [6.07, 6.45) is 7.64. The Morgan fingerprint density at radius 3 is 2.76 bits per heavy atom. The number of halogens is 2. The highest BCUT2D eigenvalue weighted by Gasteiger charge is 2.46. The number of pyridine rings is 1. The molecule has 7 nitrogen and oxygen atoms in total. The van der Waals surface area contributed by atoms with Crippen LogP contribution in [0.15, 0.2) is 36.5 Å². The van der Waals surface area contributed by atoms with Crippen LogP contribution in [0, 0.1) is 24.1 Å². The van der Waals surface area contributed by atoms with Crippen molar-refractivity contribution >= 4 is 17.5 Å². The fraction of sp³-hybridized carbons (Fsp3) is 0.375. The molecule has 1 aliphatic rings. The van der Waals surface area contributed by atoms with Gasteiger partial charge in [0, 0.05) is 42.1 Å². The first-order valence-corrected chi connectivity index (χ1v) is 11.0. The maximum atomic E-state index is 13.7. The Morgan fingerprint density at radius 2 is 2.12 bits per heavy atom. The van der Waals surface area contributed by atoms with Crippen LogP contribution in [-0.4, -0.2) is 46.6 Å². The second-order valence-corrected chi connectivity index (χ2v) is 8.50. The molecule has 0 saturated carbocycles. The van der Waals surface area contributed by atoms with Gasteiger partial charge in [0.15, 0.2) is 5.82 Å². The highest BCUT2D eigenvalue weighted by atomic mass is 35.5. The summed E-state index contributed by atoms with van der Waals surface area (Å²) in [5, 5.41) is 9.21. The van der Waals surface area contributed by atoms with Crippen molar-refractivity contribution in [2.45, 2.75) is 25.9 Å². The predicted molar refractivity (Wildman–Crippen MR) is 124 cm³/mol. The Labute approximate surface area is 197 Å². The van der Waals surface area contributed by atoms with Gasteiger partial charge in [0.05, 0.1) is 19.0 Å². The van der Waals surface area contributed by atoms with E-state index < -0.39 is 5.41 Å². The highest BCUT2D eigenvalue weighted by molar-refractivity contribution is 6.31. The molecule has 0 spiro atoms. The summed E-state index contributed by atoms with van der Waals surface area (Å²) in [5.41, 5.74) is 1.08. The molecular weight excluding hydrogens is 445 g/mol. The van der Waals surface area contributed by atoms with Crippen molar-refractivity contribution in [2.24, 2.45) is 5.92 Å². The zero-order chi connectivity index (χ0) is 23.6. The molecule has 33 heavy (non-hydrogen) atoms. The second-order valence-electron chi connectivity index (χ2n) is 8.09. The van der Waals surface area contributed by atoms with Crippen LogP contribution in [0.2, 0.25) is 5.02 Å². The Morgan fingerprint density at radius 1 is 1.30 bits per heavy atom. The van der Waals surface area contributed by atoms with Crippen LogP contribution in [0.3, 0.4) is 0 Å². The van der Waals surface area contributed by atoms with E-state index in [1.165, 1.54) is 12.1 Å². The van der Waals surface area contributed by atoms with Crippen molar-refractivity contribution in [1.29, 1.82) is 0 Å². The molecule has 1 aliphatic heterocycles. The maximum Gasteiger partial charge on any atom is 0.232 e. The number of terminal acetylenes is 1. The number of benzene rings is 1. The van der Waals surface area contributed by atoms with Crippen molar-refractivity contribution < 1.29 is 13.9 Å². The molecule has 2 aromatic heterocycles. The number of methoxy groups -OCH3 is 1. The SMILES string of the molecule is C#C[C@H]1CN(c2nnc(COCC)n2-c2ccc(OC)nc2)C[C@]1(C)c1ccc(F)cc1Cl. The van der Waals surface area contributed by atoms with E-state index in [9.17, 15) is 4.39 Å². The van der Waals surface area contributed by atoms with Crippen LogP contribution < -0.4 is 9.64 Å². The molecular formula is C24H25ClFN5O2. The van der Waals surface area contributed by atoms with Crippen LogP contribution in [0.1, 0.15) is 25.2 Å². The van der Waals surface area contributed by atoms with Gasteiger partial charge in [-0.1, -0.05) is 24.6 Å². The Balaban J connectivity index is 1.75. The van der Waals surface area contributed by atoms with E-state index >= 15 is 0 Å². The molecule has 4 rings (SSSR count). The first kappa shape index (κ1) is 23.0. The van der Waals surface area contributed by atoms with Crippen LogP contribution in [0.4, 0.5) is 10.3 Å². The summed E-state index contributed by atoms with van der Waals surface area (Å²) in [7, 11) is 1.57. The molecule has 3 heterocycles. The lowest BCUT2D eigenvalue weighted by Gasteiger charge is -2.29. The van der Waals surface area contributed by atoms with Crippen LogP contribution in [0.25, 0.3) is 5.69 Å². The maximum absolute atomic E-state index is 13.7. The largest absolute Gasteiger partial charge is 0.481 e. The molecule has 0 unspecified atom stereocenters. The third kappa shape index (κ3) is 4.26. The molecule has 172 valence electrons. The molecule has 0 amide bonds. The molecule has 2 atom stereocenters. The molecule has 9 heteroatoms. The second kappa shape index (κ2) is 9.38. The van der Waals surface area contributed by atoms with Crippen molar-refractivity contribution in [2.75, 3.05) is 31.7 Å². The van der Waals surface area contributed by atoms with Gasteiger partial charge in [-0.2, -0.15) is 0 Å². The van der Waals surface area contributed by atoms with Gasteiger partial charge in [0.25, 0.3) is 0 Å². The van der Waals surface area contributed by atoms with Gasteiger partial charge < -0.3 is 14.4 Å². The third-order valence-corrected chi connectivity index (χ3v) is 6.37. The van der Waals surface area contributed by atoms with E-state index in [1.807, 2.05) is 24.5 Å². The zero-order valence-electron chi connectivity index (χ0n) is 18.8. The van der Waals surface area contributed by atoms with Gasteiger partial charge in [-0.3, -0.25) is 4.57 Å². The van der Waals surface area contributed by atoms with Gasteiger partial charge >= 0.3 is 0 Å². The number of rotatable bonds is 7. The molecule has 1 fully saturated rings. The van der Waals surface area contributed by atoms with Gasteiger partial charge in [-0.15, -0.1) is 22.5 Å². The Kier molecular flexibility index (Phi) is 6.54. The topological polar surface area (TPSA) is 65.3 Å². The van der Waals surface area contributed by atoms with Gasteiger partial charge in [-0.25, -0.2) is 9.37 Å². The molecule has 0 bridgehead atoms. The van der Waals surface area contributed by atoms with Crippen molar-refractivity contribution in [3.63, 3.8) is 0 Å². The monoisotopic (exact) mass is 469 g/mol. The summed E-state index contributed by atoms with van der Waals surface area (Å²) in [6, 6.07) is 8.11. The minimum Gasteiger partial charge on any atom is -0.481 e. The lowest BCUT2D eigenvalue weighted by Crippen LogP contribution is -2.32. The van der Waals surface area contributed by atoms with Crippen molar-refractivity contribution in [3.8, 4) is 23.9 Å².